The Morgan fingerprint density at radius 3 is 1.90 bits per heavy atom. The molecule has 0 aliphatic carbocycles. The predicted octanol–water partition coefficient (Wildman–Crippen LogP) is 1.33. The van der Waals surface area contributed by atoms with Crippen LogP contribution in [0.25, 0.3) is 0 Å². The molecule has 0 fully saturated rings. The third-order valence-electron chi connectivity index (χ3n) is 2.02. The Hall–Kier alpha value is -1.84. The molecule has 0 aliphatic rings. The summed E-state index contributed by atoms with van der Waals surface area (Å²) in [4.78, 5) is 11.3. The van der Waals surface area contributed by atoms with E-state index in [1.54, 1.807) is 0 Å². The highest BCUT2D eigenvalue weighted by atomic mass is 32.2. The largest absolute Gasteiger partial charge is 0.376 e. The molecular formula is C10H9F4NO4S. The first-order valence-corrected chi connectivity index (χ1v) is 6.95. The minimum atomic E-state index is -4.41. The van der Waals surface area contributed by atoms with Crippen LogP contribution in [0.15, 0.2) is 0 Å². The molecule has 1 aromatic rings. The molecule has 1 rings (SSSR count). The lowest BCUT2D eigenvalue weighted by Crippen LogP contribution is -2.26. The van der Waals surface area contributed by atoms with Gasteiger partial charge in [0.25, 0.3) is 5.91 Å². The van der Waals surface area contributed by atoms with Crippen LogP contribution in [-0.4, -0.2) is 27.1 Å². The number of hydrogen-bond acceptors (Lipinski definition) is 4. The smallest absolute Gasteiger partial charge is 0.306 e. The van der Waals surface area contributed by atoms with Crippen LogP contribution in [0.3, 0.4) is 0 Å². The Morgan fingerprint density at radius 1 is 1.10 bits per heavy atom. The summed E-state index contributed by atoms with van der Waals surface area (Å²) in [5.41, 5.74) is -1.50. The van der Waals surface area contributed by atoms with Crippen molar-refractivity contribution in [2.75, 3.05) is 12.8 Å². The van der Waals surface area contributed by atoms with Crippen LogP contribution in [0.5, 0.6) is 5.75 Å². The molecule has 0 atom stereocenters. The first-order chi connectivity index (χ1) is 9.10. The van der Waals surface area contributed by atoms with Crippen LogP contribution < -0.4 is 9.50 Å². The van der Waals surface area contributed by atoms with Gasteiger partial charge in [-0.05, 0) is 6.92 Å². The maximum atomic E-state index is 13.5. The van der Waals surface area contributed by atoms with Crippen LogP contribution in [0.1, 0.15) is 17.3 Å². The molecule has 0 aliphatic heterocycles. The van der Waals surface area contributed by atoms with Gasteiger partial charge in [0.05, 0.1) is 6.26 Å². The Bertz CT molecular complexity index is 631. The normalized spacial score (nSPS) is 11.3. The molecule has 5 nitrogen and oxygen atoms in total. The van der Waals surface area contributed by atoms with Gasteiger partial charge in [-0.15, -0.1) is 0 Å². The van der Waals surface area contributed by atoms with E-state index in [-0.39, 0.29) is 6.54 Å². The van der Waals surface area contributed by atoms with Crippen molar-refractivity contribution in [2.45, 2.75) is 6.92 Å². The van der Waals surface area contributed by atoms with Crippen LogP contribution in [0.2, 0.25) is 0 Å². The van der Waals surface area contributed by atoms with Crippen LogP contribution >= 0.6 is 0 Å². The minimum Gasteiger partial charge on any atom is -0.376 e. The summed E-state index contributed by atoms with van der Waals surface area (Å²) >= 11 is 0. The number of halogens is 4. The fourth-order valence-electron chi connectivity index (χ4n) is 1.28. The lowest BCUT2D eigenvalue weighted by Gasteiger charge is -2.11. The summed E-state index contributed by atoms with van der Waals surface area (Å²) in [6.45, 7) is 1.38. The number of amides is 1. The summed E-state index contributed by atoms with van der Waals surface area (Å²) < 4.78 is 79.4. The SMILES string of the molecule is CCNC(=O)c1c(F)c(F)c(OS(C)(=O)=O)c(F)c1F. The summed E-state index contributed by atoms with van der Waals surface area (Å²) in [6.07, 6.45) is 0.430. The van der Waals surface area contributed by atoms with E-state index in [1.165, 1.54) is 6.92 Å². The molecule has 1 N–H and O–H groups in total. The molecular weight excluding hydrogens is 306 g/mol. The van der Waals surface area contributed by atoms with Gasteiger partial charge in [-0.25, -0.2) is 8.78 Å². The number of hydrogen-bond donors (Lipinski definition) is 1. The summed E-state index contributed by atoms with van der Waals surface area (Å²) in [7, 11) is -4.41. The molecule has 0 spiro atoms. The van der Waals surface area contributed by atoms with Crippen molar-refractivity contribution in [3.63, 3.8) is 0 Å². The fraction of sp³-hybridized carbons (Fsp3) is 0.300. The van der Waals surface area contributed by atoms with Gasteiger partial charge in [-0.2, -0.15) is 17.2 Å². The number of rotatable bonds is 4. The first kappa shape index (κ1) is 16.2. The van der Waals surface area contributed by atoms with Gasteiger partial charge in [0.2, 0.25) is 17.4 Å². The zero-order chi connectivity index (χ0) is 15.7. The molecule has 0 bridgehead atoms. The van der Waals surface area contributed by atoms with Crippen molar-refractivity contribution in [2.24, 2.45) is 0 Å². The van der Waals surface area contributed by atoms with Gasteiger partial charge in [-0.1, -0.05) is 0 Å². The van der Waals surface area contributed by atoms with E-state index in [2.05, 4.69) is 4.18 Å². The molecule has 0 saturated carbocycles. The van der Waals surface area contributed by atoms with E-state index in [0.717, 1.165) is 0 Å². The maximum absolute atomic E-state index is 13.5. The second kappa shape index (κ2) is 5.65. The molecule has 112 valence electrons. The average Bonchev–Trinajstić information content (AvgIpc) is 2.32. The Balaban J connectivity index is 3.53. The third-order valence-corrected chi connectivity index (χ3v) is 2.49. The van der Waals surface area contributed by atoms with Gasteiger partial charge in [0.1, 0.15) is 5.56 Å². The van der Waals surface area contributed by atoms with Gasteiger partial charge >= 0.3 is 10.1 Å². The average molecular weight is 315 g/mol. The van der Waals surface area contributed by atoms with E-state index in [1.807, 2.05) is 5.32 Å². The number of nitrogens with one attached hydrogen (secondary N) is 1. The van der Waals surface area contributed by atoms with Gasteiger partial charge in [-0.3, -0.25) is 4.79 Å². The van der Waals surface area contributed by atoms with Gasteiger partial charge in [0, 0.05) is 6.54 Å². The Labute approximate surface area is 111 Å². The van der Waals surface area contributed by atoms with Crippen LogP contribution in [0, 0.1) is 23.3 Å². The van der Waals surface area contributed by atoms with E-state index in [4.69, 9.17) is 0 Å². The topological polar surface area (TPSA) is 72.5 Å². The van der Waals surface area contributed by atoms with E-state index in [9.17, 15) is 30.8 Å². The molecule has 0 aromatic heterocycles. The molecule has 1 aromatic carbocycles. The number of benzene rings is 1. The van der Waals surface area contributed by atoms with Crippen molar-refractivity contribution in [3.8, 4) is 5.75 Å². The summed E-state index contributed by atoms with van der Waals surface area (Å²) in [5.74, 6) is -11.5. The van der Waals surface area contributed by atoms with Crippen LogP contribution in [0.4, 0.5) is 17.6 Å². The molecule has 20 heavy (non-hydrogen) atoms. The second-order valence-corrected chi connectivity index (χ2v) is 5.18. The van der Waals surface area contributed by atoms with Gasteiger partial charge < -0.3 is 9.50 Å². The molecule has 0 saturated heterocycles. The highest BCUT2D eigenvalue weighted by Gasteiger charge is 2.31. The highest BCUT2D eigenvalue weighted by Crippen LogP contribution is 2.30. The first-order valence-electron chi connectivity index (χ1n) is 5.13. The Morgan fingerprint density at radius 2 is 1.55 bits per heavy atom. The van der Waals surface area contributed by atoms with Crippen molar-refractivity contribution < 1.29 is 35.0 Å². The second-order valence-electron chi connectivity index (χ2n) is 3.61. The lowest BCUT2D eigenvalue weighted by molar-refractivity contribution is 0.0944. The van der Waals surface area contributed by atoms with E-state index in [0.29, 0.717) is 6.26 Å². The van der Waals surface area contributed by atoms with E-state index < -0.39 is 50.6 Å². The van der Waals surface area contributed by atoms with Gasteiger partial charge in [0.15, 0.2) is 11.6 Å². The zero-order valence-corrected chi connectivity index (χ0v) is 11.1. The minimum absolute atomic E-state index is 0.0391. The summed E-state index contributed by atoms with van der Waals surface area (Å²) in [5, 5.41) is 1.95. The van der Waals surface area contributed by atoms with E-state index >= 15 is 0 Å². The molecule has 0 unspecified atom stereocenters. The quantitative estimate of drug-likeness (QED) is 0.517. The lowest BCUT2D eigenvalue weighted by atomic mass is 10.1. The van der Waals surface area contributed by atoms with Crippen molar-refractivity contribution >= 4 is 16.0 Å². The van der Waals surface area contributed by atoms with Crippen molar-refractivity contribution in [1.29, 1.82) is 0 Å². The summed E-state index contributed by atoms with van der Waals surface area (Å²) in [6, 6.07) is 0. The molecule has 0 heterocycles. The molecule has 10 heteroatoms. The predicted molar refractivity (Wildman–Crippen MR) is 59.8 cm³/mol. The maximum Gasteiger partial charge on any atom is 0.306 e. The number of carbonyl (C=O) groups excluding carboxylic acids is 1. The fourth-order valence-corrected chi connectivity index (χ4v) is 1.73. The third kappa shape index (κ3) is 3.18. The zero-order valence-electron chi connectivity index (χ0n) is 10.3. The van der Waals surface area contributed by atoms with Crippen molar-refractivity contribution in [1.82, 2.24) is 5.32 Å². The Kier molecular flexibility index (Phi) is 4.58. The van der Waals surface area contributed by atoms with Crippen LogP contribution in [-0.2, 0) is 10.1 Å². The standard InChI is InChI=1S/C10H9F4NO4S/c1-3-15-10(16)4-5(11)7(13)9(8(14)6(4)12)19-20(2,17)18/h3H2,1-2H3,(H,15,16). The monoisotopic (exact) mass is 315 g/mol. The van der Waals surface area contributed by atoms with Crippen molar-refractivity contribution in [3.05, 3.63) is 28.8 Å². The number of carbonyl (C=O) groups is 1. The molecule has 1 amide bonds. The highest BCUT2D eigenvalue weighted by molar-refractivity contribution is 7.86. The molecule has 0 radical (unpaired) electrons.